The van der Waals surface area contributed by atoms with Crippen LogP contribution in [0.5, 0.6) is 0 Å². The topological polar surface area (TPSA) is 84.2 Å². The summed E-state index contributed by atoms with van der Waals surface area (Å²) in [7, 11) is 0. The molecule has 3 aromatic rings. The van der Waals surface area contributed by atoms with E-state index in [1.165, 1.54) is 0 Å². The van der Waals surface area contributed by atoms with Gasteiger partial charge in [0.05, 0.1) is 19.4 Å². The lowest BCUT2D eigenvalue weighted by atomic mass is 10.1. The van der Waals surface area contributed by atoms with Crippen molar-refractivity contribution in [3.63, 3.8) is 0 Å². The quantitative estimate of drug-likeness (QED) is 0.630. The molecule has 2 aromatic heterocycles. The van der Waals surface area contributed by atoms with E-state index in [0.29, 0.717) is 26.3 Å². The number of imidazole rings is 1. The molecule has 4 heterocycles. The molecular weight excluding hydrogens is 408 g/mol. The summed E-state index contributed by atoms with van der Waals surface area (Å²) in [6, 6.07) is 9.59. The van der Waals surface area contributed by atoms with Gasteiger partial charge in [-0.15, -0.1) is 0 Å². The van der Waals surface area contributed by atoms with E-state index < -0.39 is 6.04 Å². The van der Waals surface area contributed by atoms with Gasteiger partial charge in [-0.25, -0.2) is 4.98 Å². The number of piperazine rings is 1. The Labute approximate surface area is 187 Å². The molecule has 1 amide bonds. The Hall–Kier alpha value is -3.01. The molecule has 2 aliphatic heterocycles. The molecule has 2 saturated heterocycles. The zero-order chi connectivity index (χ0) is 21.9. The highest BCUT2D eigenvalue weighted by atomic mass is 16.7. The van der Waals surface area contributed by atoms with E-state index in [1.807, 2.05) is 52.8 Å². The first-order chi connectivity index (χ1) is 15.7. The van der Waals surface area contributed by atoms with Crippen LogP contribution < -0.4 is 5.32 Å². The Kier molecular flexibility index (Phi) is 6.02. The van der Waals surface area contributed by atoms with Crippen molar-refractivity contribution in [2.24, 2.45) is 0 Å². The minimum Gasteiger partial charge on any atom is -0.358 e. The molecule has 0 saturated carbocycles. The molecule has 9 heteroatoms. The van der Waals surface area contributed by atoms with E-state index in [-0.39, 0.29) is 12.2 Å². The van der Waals surface area contributed by atoms with Crippen molar-refractivity contribution in [2.45, 2.75) is 19.3 Å². The summed E-state index contributed by atoms with van der Waals surface area (Å²) in [6.45, 7) is 7.01. The van der Waals surface area contributed by atoms with Crippen LogP contribution in [0.25, 0.3) is 16.9 Å². The minimum atomic E-state index is -0.390. The Morgan fingerprint density at radius 2 is 1.91 bits per heavy atom. The molecule has 0 radical (unpaired) electrons. The Morgan fingerprint density at radius 1 is 1.16 bits per heavy atom. The van der Waals surface area contributed by atoms with Crippen LogP contribution in [0, 0.1) is 0 Å². The van der Waals surface area contributed by atoms with Gasteiger partial charge in [-0.2, -0.15) is 0 Å². The molecule has 2 aliphatic rings. The number of hydrogen-bond donors (Lipinski definition) is 1. The Morgan fingerprint density at radius 3 is 2.66 bits per heavy atom. The average molecular weight is 437 g/mol. The minimum absolute atomic E-state index is 0.0843. The number of nitrogens with zero attached hydrogens (tertiary/aromatic N) is 5. The van der Waals surface area contributed by atoms with E-state index >= 15 is 0 Å². The van der Waals surface area contributed by atoms with Gasteiger partial charge in [-0.05, 0) is 6.92 Å². The number of benzene rings is 1. The van der Waals surface area contributed by atoms with Crippen LogP contribution in [0.4, 0.5) is 5.82 Å². The van der Waals surface area contributed by atoms with Crippen molar-refractivity contribution >= 4 is 17.4 Å². The fourth-order valence-electron chi connectivity index (χ4n) is 4.26. The van der Waals surface area contributed by atoms with Gasteiger partial charge in [0.15, 0.2) is 11.9 Å². The fraction of sp³-hybridized carbons (Fsp3) is 0.435. The number of amides is 1. The van der Waals surface area contributed by atoms with Crippen molar-refractivity contribution in [1.82, 2.24) is 24.2 Å². The van der Waals surface area contributed by atoms with Gasteiger partial charge in [0.2, 0.25) is 5.91 Å². The number of hydrogen-bond acceptors (Lipinski definition) is 7. The highest BCUT2D eigenvalue weighted by Crippen LogP contribution is 2.29. The van der Waals surface area contributed by atoms with Crippen molar-refractivity contribution in [2.75, 3.05) is 51.3 Å². The van der Waals surface area contributed by atoms with E-state index in [2.05, 4.69) is 15.2 Å². The first-order valence-electron chi connectivity index (χ1n) is 11.1. The van der Waals surface area contributed by atoms with E-state index in [9.17, 15) is 4.79 Å². The first-order valence-corrected chi connectivity index (χ1v) is 11.1. The summed E-state index contributed by atoms with van der Waals surface area (Å²) in [6.07, 6.45) is 5.17. The zero-order valence-electron chi connectivity index (χ0n) is 18.2. The molecule has 1 N–H and O–H groups in total. The summed E-state index contributed by atoms with van der Waals surface area (Å²) in [5, 5.41) is 3.43. The first kappa shape index (κ1) is 20.9. The predicted octanol–water partition coefficient (Wildman–Crippen LogP) is 1.71. The molecule has 0 spiro atoms. The number of fused-ring (bicyclic) bond motifs is 1. The lowest BCUT2D eigenvalue weighted by Gasteiger charge is -2.36. The van der Waals surface area contributed by atoms with E-state index in [4.69, 9.17) is 14.5 Å². The van der Waals surface area contributed by atoms with E-state index in [1.54, 1.807) is 12.4 Å². The van der Waals surface area contributed by atoms with Crippen LogP contribution in [0.3, 0.4) is 0 Å². The van der Waals surface area contributed by atoms with Crippen molar-refractivity contribution in [3.05, 3.63) is 48.9 Å². The van der Waals surface area contributed by atoms with Crippen LogP contribution in [-0.4, -0.2) is 88.3 Å². The maximum atomic E-state index is 13.2. The molecule has 2 fully saturated rings. The van der Waals surface area contributed by atoms with Crippen molar-refractivity contribution in [1.29, 1.82) is 0 Å². The number of aromatic nitrogens is 3. The lowest BCUT2D eigenvalue weighted by molar-refractivity contribution is -0.134. The fourth-order valence-corrected chi connectivity index (χ4v) is 4.26. The largest absolute Gasteiger partial charge is 0.358 e. The van der Waals surface area contributed by atoms with Gasteiger partial charge in [0.1, 0.15) is 17.6 Å². The van der Waals surface area contributed by atoms with Crippen LogP contribution in [0.15, 0.2) is 48.9 Å². The van der Waals surface area contributed by atoms with Gasteiger partial charge >= 0.3 is 0 Å². The van der Waals surface area contributed by atoms with Crippen LogP contribution >= 0.6 is 0 Å². The number of carbonyl (C=O) groups excluding carboxylic acids is 1. The van der Waals surface area contributed by atoms with Crippen molar-refractivity contribution in [3.8, 4) is 11.3 Å². The number of ether oxygens (including phenoxy) is 2. The zero-order valence-corrected chi connectivity index (χ0v) is 18.2. The van der Waals surface area contributed by atoms with Crippen LogP contribution in [0.1, 0.15) is 6.92 Å². The smallest absolute Gasteiger partial charge is 0.244 e. The van der Waals surface area contributed by atoms with Gasteiger partial charge in [-0.1, -0.05) is 30.3 Å². The summed E-state index contributed by atoms with van der Waals surface area (Å²) < 4.78 is 13.0. The third kappa shape index (κ3) is 4.32. The Bertz CT molecular complexity index is 1060. The standard InChI is InChI=1S/C23H28N6O3/c1-17(23(30)28-11-9-27(10-12-28)16-20-31-13-14-32-20)25-22-21(18-5-3-2-4-6-18)26-19-15-24-7-8-29(19)22/h2-8,15,17,20,25H,9-14,16H2,1H3. The molecule has 9 nitrogen and oxygen atoms in total. The lowest BCUT2D eigenvalue weighted by Crippen LogP contribution is -2.53. The number of carbonyl (C=O) groups is 1. The second-order valence-corrected chi connectivity index (χ2v) is 8.14. The summed E-state index contributed by atoms with van der Waals surface area (Å²) in [5.41, 5.74) is 2.53. The third-order valence-corrected chi connectivity index (χ3v) is 5.98. The van der Waals surface area contributed by atoms with Gasteiger partial charge < -0.3 is 19.7 Å². The molecule has 1 unspecified atom stereocenters. The Balaban J connectivity index is 1.28. The molecular formula is C23H28N6O3. The average Bonchev–Trinajstić information content (AvgIpc) is 3.48. The molecule has 0 bridgehead atoms. The normalized spacial score (nSPS) is 18.8. The second-order valence-electron chi connectivity index (χ2n) is 8.14. The highest BCUT2D eigenvalue weighted by Gasteiger charge is 2.28. The molecule has 168 valence electrons. The SMILES string of the molecule is CC(Nc1c(-c2ccccc2)nc2cnccn12)C(=O)N1CCN(CC2OCCO2)CC1. The molecule has 32 heavy (non-hydrogen) atoms. The number of nitrogens with one attached hydrogen (secondary N) is 1. The number of anilines is 1. The number of rotatable bonds is 6. The summed E-state index contributed by atoms with van der Waals surface area (Å²) in [5.74, 6) is 0.879. The van der Waals surface area contributed by atoms with Gasteiger partial charge in [-0.3, -0.25) is 19.1 Å². The highest BCUT2D eigenvalue weighted by molar-refractivity contribution is 5.86. The van der Waals surface area contributed by atoms with E-state index in [0.717, 1.165) is 42.4 Å². The van der Waals surface area contributed by atoms with Gasteiger partial charge in [0, 0.05) is 50.7 Å². The molecule has 1 aromatic carbocycles. The maximum Gasteiger partial charge on any atom is 0.244 e. The summed E-state index contributed by atoms with van der Waals surface area (Å²) >= 11 is 0. The second kappa shape index (κ2) is 9.23. The molecule has 1 atom stereocenters. The van der Waals surface area contributed by atoms with Crippen LogP contribution in [-0.2, 0) is 14.3 Å². The molecule has 5 rings (SSSR count). The third-order valence-electron chi connectivity index (χ3n) is 5.98. The van der Waals surface area contributed by atoms with Gasteiger partial charge in [0.25, 0.3) is 0 Å². The van der Waals surface area contributed by atoms with Crippen molar-refractivity contribution < 1.29 is 14.3 Å². The summed E-state index contributed by atoms with van der Waals surface area (Å²) in [4.78, 5) is 26.4. The van der Waals surface area contributed by atoms with Crippen LogP contribution in [0.2, 0.25) is 0 Å². The molecule has 0 aliphatic carbocycles. The maximum absolute atomic E-state index is 13.2. The predicted molar refractivity (Wildman–Crippen MR) is 120 cm³/mol. The monoisotopic (exact) mass is 436 g/mol.